The van der Waals surface area contributed by atoms with E-state index in [1.807, 2.05) is 0 Å². The molecule has 8 heavy (non-hydrogen) atoms. The Morgan fingerprint density at radius 2 is 2.25 bits per heavy atom. The van der Waals surface area contributed by atoms with Crippen molar-refractivity contribution >= 4 is 16.9 Å². The summed E-state index contributed by atoms with van der Waals surface area (Å²) >= 11 is 1.50. The van der Waals surface area contributed by atoms with Crippen molar-refractivity contribution in [3.05, 3.63) is 0 Å². The summed E-state index contributed by atoms with van der Waals surface area (Å²) in [5, 5.41) is 0.946. The second-order valence-electron chi connectivity index (χ2n) is 2.16. The maximum absolute atomic E-state index is 10.4. The number of rotatable bonds is 1. The average Bonchev–Trinajstić information content (AvgIpc) is 1.55. The second kappa shape index (κ2) is 2.53. The van der Waals surface area contributed by atoms with Crippen LogP contribution in [0.1, 0.15) is 26.2 Å². The van der Waals surface area contributed by atoms with Gasteiger partial charge in [0.15, 0.2) is 5.12 Å². The monoisotopic (exact) mass is 130 g/mol. The molecule has 0 bridgehead atoms. The Kier molecular flexibility index (Phi) is 1.95. The zero-order valence-corrected chi connectivity index (χ0v) is 5.83. The third kappa shape index (κ3) is 1.51. The van der Waals surface area contributed by atoms with E-state index in [0.717, 1.165) is 0 Å². The molecule has 0 aromatic carbocycles. The SMILES string of the molecule is CC(=O)SC1CCC1. The Hall–Kier alpha value is 0.0200. The van der Waals surface area contributed by atoms with E-state index >= 15 is 0 Å². The lowest BCUT2D eigenvalue weighted by molar-refractivity contribution is -0.109. The first-order valence-electron chi connectivity index (χ1n) is 2.96. The molecule has 0 N–H and O–H groups in total. The highest BCUT2D eigenvalue weighted by molar-refractivity contribution is 8.14. The minimum Gasteiger partial charge on any atom is -0.288 e. The van der Waals surface area contributed by atoms with Crippen molar-refractivity contribution in [2.24, 2.45) is 0 Å². The minimum absolute atomic E-state index is 0.273. The summed E-state index contributed by atoms with van der Waals surface area (Å²) in [5.41, 5.74) is 0. The Bertz CT molecular complexity index is 96.7. The van der Waals surface area contributed by atoms with E-state index in [0.29, 0.717) is 5.25 Å². The predicted molar refractivity (Wildman–Crippen MR) is 35.9 cm³/mol. The van der Waals surface area contributed by atoms with Crippen LogP contribution in [0.5, 0.6) is 0 Å². The molecule has 1 saturated carbocycles. The van der Waals surface area contributed by atoms with E-state index in [-0.39, 0.29) is 5.12 Å². The van der Waals surface area contributed by atoms with Crippen molar-refractivity contribution in [3.8, 4) is 0 Å². The number of thioether (sulfide) groups is 1. The van der Waals surface area contributed by atoms with E-state index in [2.05, 4.69) is 0 Å². The molecule has 0 heterocycles. The zero-order chi connectivity index (χ0) is 5.98. The highest BCUT2D eigenvalue weighted by Crippen LogP contribution is 2.31. The molecule has 0 aromatic heterocycles. The molecule has 1 nitrogen and oxygen atoms in total. The van der Waals surface area contributed by atoms with Crippen LogP contribution in [0.25, 0.3) is 0 Å². The fourth-order valence-corrected chi connectivity index (χ4v) is 1.76. The standard InChI is InChI=1S/C6H10OS/c1-5(7)8-6-3-2-4-6/h6H,2-4H2,1H3. The molecule has 1 aliphatic carbocycles. The van der Waals surface area contributed by atoms with Crippen LogP contribution in [-0.2, 0) is 4.79 Å². The lowest BCUT2D eigenvalue weighted by atomic mass is 10.0. The van der Waals surface area contributed by atoms with Gasteiger partial charge in [-0.25, -0.2) is 0 Å². The Balaban J connectivity index is 2.09. The van der Waals surface area contributed by atoms with Crippen LogP contribution >= 0.6 is 11.8 Å². The minimum atomic E-state index is 0.273. The van der Waals surface area contributed by atoms with Crippen LogP contribution in [0, 0.1) is 0 Å². The Labute approximate surface area is 53.8 Å². The van der Waals surface area contributed by atoms with E-state index in [9.17, 15) is 4.79 Å². The van der Waals surface area contributed by atoms with Gasteiger partial charge >= 0.3 is 0 Å². The average molecular weight is 130 g/mol. The highest BCUT2D eigenvalue weighted by Gasteiger charge is 2.18. The molecule has 1 aliphatic rings. The topological polar surface area (TPSA) is 17.1 Å². The van der Waals surface area contributed by atoms with Gasteiger partial charge in [0.05, 0.1) is 0 Å². The molecule has 0 saturated heterocycles. The first-order valence-corrected chi connectivity index (χ1v) is 3.84. The molecule has 0 aromatic rings. The first kappa shape index (κ1) is 6.14. The fourth-order valence-electron chi connectivity index (χ4n) is 0.723. The van der Waals surface area contributed by atoms with Crippen LogP contribution in [0.2, 0.25) is 0 Å². The van der Waals surface area contributed by atoms with Crippen molar-refractivity contribution in [1.29, 1.82) is 0 Å². The molecule has 0 atom stereocenters. The van der Waals surface area contributed by atoms with Gasteiger partial charge in [-0.3, -0.25) is 4.79 Å². The molecule has 0 radical (unpaired) electrons. The molecule has 0 aliphatic heterocycles. The van der Waals surface area contributed by atoms with E-state index in [1.54, 1.807) is 6.92 Å². The summed E-state index contributed by atoms with van der Waals surface area (Å²) < 4.78 is 0. The summed E-state index contributed by atoms with van der Waals surface area (Å²) in [5.74, 6) is 0. The van der Waals surface area contributed by atoms with Crippen molar-refractivity contribution in [3.63, 3.8) is 0 Å². The maximum atomic E-state index is 10.4. The van der Waals surface area contributed by atoms with Gasteiger partial charge in [0.25, 0.3) is 0 Å². The van der Waals surface area contributed by atoms with Gasteiger partial charge in [0, 0.05) is 12.2 Å². The molecular weight excluding hydrogens is 120 g/mol. The number of hydrogen-bond acceptors (Lipinski definition) is 2. The molecular formula is C6H10OS. The van der Waals surface area contributed by atoms with Crippen molar-refractivity contribution in [1.82, 2.24) is 0 Å². The Morgan fingerprint density at radius 1 is 1.62 bits per heavy atom. The smallest absolute Gasteiger partial charge is 0.186 e. The molecule has 0 amide bonds. The summed E-state index contributed by atoms with van der Waals surface area (Å²) in [7, 11) is 0. The number of hydrogen-bond donors (Lipinski definition) is 0. The third-order valence-electron chi connectivity index (χ3n) is 1.38. The second-order valence-corrected chi connectivity index (χ2v) is 3.64. The molecule has 1 fully saturated rings. The van der Waals surface area contributed by atoms with Gasteiger partial charge in [0.2, 0.25) is 0 Å². The van der Waals surface area contributed by atoms with Crippen molar-refractivity contribution in [2.75, 3.05) is 0 Å². The van der Waals surface area contributed by atoms with Crippen LogP contribution < -0.4 is 0 Å². The van der Waals surface area contributed by atoms with Crippen LogP contribution in [0.3, 0.4) is 0 Å². The predicted octanol–water partition coefficient (Wildman–Crippen LogP) is 1.82. The Morgan fingerprint density at radius 3 is 2.38 bits per heavy atom. The number of carbonyl (C=O) groups is 1. The van der Waals surface area contributed by atoms with E-state index in [4.69, 9.17) is 0 Å². The molecule has 0 unspecified atom stereocenters. The molecule has 1 rings (SSSR count). The van der Waals surface area contributed by atoms with Crippen molar-refractivity contribution in [2.45, 2.75) is 31.4 Å². The lowest BCUT2D eigenvalue weighted by Gasteiger charge is -2.22. The van der Waals surface area contributed by atoms with Gasteiger partial charge in [-0.1, -0.05) is 18.2 Å². The van der Waals surface area contributed by atoms with Gasteiger partial charge in [-0.05, 0) is 12.8 Å². The molecule has 0 spiro atoms. The third-order valence-corrected chi connectivity index (χ3v) is 2.52. The quantitative estimate of drug-likeness (QED) is 0.538. The summed E-state index contributed by atoms with van der Waals surface area (Å²) in [4.78, 5) is 10.4. The molecule has 2 heteroatoms. The van der Waals surface area contributed by atoms with Crippen LogP contribution in [-0.4, -0.2) is 10.4 Å². The molecule has 46 valence electrons. The van der Waals surface area contributed by atoms with E-state index in [1.165, 1.54) is 31.0 Å². The van der Waals surface area contributed by atoms with Crippen molar-refractivity contribution < 1.29 is 4.79 Å². The van der Waals surface area contributed by atoms with Crippen LogP contribution in [0.4, 0.5) is 0 Å². The highest BCUT2D eigenvalue weighted by atomic mass is 32.2. The van der Waals surface area contributed by atoms with Gasteiger partial charge in [-0.15, -0.1) is 0 Å². The lowest BCUT2D eigenvalue weighted by Crippen LogP contribution is -2.14. The van der Waals surface area contributed by atoms with Gasteiger partial charge in [-0.2, -0.15) is 0 Å². The normalized spacial score (nSPS) is 20.1. The largest absolute Gasteiger partial charge is 0.288 e. The zero-order valence-electron chi connectivity index (χ0n) is 5.02. The van der Waals surface area contributed by atoms with Gasteiger partial charge in [0.1, 0.15) is 0 Å². The first-order chi connectivity index (χ1) is 3.79. The fraction of sp³-hybridized carbons (Fsp3) is 0.833. The van der Waals surface area contributed by atoms with Gasteiger partial charge < -0.3 is 0 Å². The number of carbonyl (C=O) groups excluding carboxylic acids is 1. The van der Waals surface area contributed by atoms with Crippen LogP contribution in [0.15, 0.2) is 0 Å². The summed E-state index contributed by atoms with van der Waals surface area (Å²) in [6.07, 6.45) is 3.83. The summed E-state index contributed by atoms with van der Waals surface area (Å²) in [6, 6.07) is 0. The summed E-state index contributed by atoms with van der Waals surface area (Å²) in [6.45, 7) is 1.64. The van der Waals surface area contributed by atoms with E-state index < -0.39 is 0 Å². The maximum Gasteiger partial charge on any atom is 0.186 e.